The zero-order valence-corrected chi connectivity index (χ0v) is 12.4. The largest absolute Gasteiger partial charge is 0.344 e. The molecule has 4 nitrogen and oxygen atoms in total. The van der Waals surface area contributed by atoms with E-state index in [-0.39, 0.29) is 17.9 Å². The molecule has 20 heavy (non-hydrogen) atoms. The minimum atomic E-state index is -0.282. The van der Waals surface area contributed by atoms with Crippen LogP contribution in [0, 0.1) is 5.92 Å². The van der Waals surface area contributed by atoms with Gasteiger partial charge in [-0.3, -0.25) is 9.59 Å². The van der Waals surface area contributed by atoms with E-state index in [0.29, 0.717) is 18.9 Å². The van der Waals surface area contributed by atoms with Crippen molar-refractivity contribution in [2.75, 3.05) is 13.1 Å². The molecule has 0 spiro atoms. The summed E-state index contributed by atoms with van der Waals surface area (Å²) in [5.41, 5.74) is 0. The molecule has 2 rings (SSSR count). The Morgan fingerprint density at radius 2 is 2.00 bits per heavy atom. The van der Waals surface area contributed by atoms with Gasteiger partial charge in [0, 0.05) is 19.5 Å². The summed E-state index contributed by atoms with van der Waals surface area (Å²) in [4.78, 5) is 26.4. The Bertz CT molecular complexity index is 373. The molecule has 4 heteroatoms. The van der Waals surface area contributed by atoms with Gasteiger partial charge in [-0.2, -0.15) is 0 Å². The Labute approximate surface area is 121 Å². The van der Waals surface area contributed by atoms with Crippen molar-refractivity contribution < 1.29 is 9.59 Å². The highest BCUT2D eigenvalue weighted by Gasteiger charge is 2.35. The molecule has 1 atom stereocenters. The summed E-state index contributed by atoms with van der Waals surface area (Å²) in [6, 6.07) is -0.282. The molecule has 2 fully saturated rings. The molecule has 0 aromatic heterocycles. The van der Waals surface area contributed by atoms with E-state index in [9.17, 15) is 9.59 Å². The number of rotatable bonds is 4. The van der Waals surface area contributed by atoms with Gasteiger partial charge in [0.15, 0.2) is 0 Å². The quantitative estimate of drug-likeness (QED) is 0.802. The van der Waals surface area contributed by atoms with Gasteiger partial charge in [-0.15, -0.1) is 0 Å². The highest BCUT2D eigenvalue weighted by Crippen LogP contribution is 2.28. The summed E-state index contributed by atoms with van der Waals surface area (Å²) < 4.78 is 0. The molecule has 0 bridgehead atoms. The van der Waals surface area contributed by atoms with E-state index >= 15 is 0 Å². The number of nitrogens with one attached hydrogen (secondary N) is 1. The maximum atomic E-state index is 12.7. The van der Waals surface area contributed by atoms with E-state index < -0.39 is 0 Å². The van der Waals surface area contributed by atoms with E-state index in [1.807, 2.05) is 17.9 Å². The van der Waals surface area contributed by atoms with Crippen LogP contribution >= 0.6 is 0 Å². The minimum absolute atomic E-state index is 0.0301. The molecular weight excluding hydrogens is 252 g/mol. The lowest BCUT2D eigenvalue weighted by molar-refractivity contribution is -0.135. The molecule has 0 radical (unpaired) electrons. The molecule has 1 saturated carbocycles. The maximum Gasteiger partial charge on any atom is 0.245 e. The van der Waals surface area contributed by atoms with Gasteiger partial charge >= 0.3 is 0 Å². The number of carbonyl (C=O) groups is 2. The summed E-state index contributed by atoms with van der Waals surface area (Å²) in [5, 5.41) is 2.97. The Hall–Kier alpha value is -1.32. The smallest absolute Gasteiger partial charge is 0.245 e. The molecule has 1 aliphatic carbocycles. The number of carbonyl (C=O) groups excluding carboxylic acids is 2. The first-order chi connectivity index (χ1) is 9.72. The number of hydrogen-bond donors (Lipinski definition) is 1. The molecule has 112 valence electrons. The monoisotopic (exact) mass is 278 g/mol. The molecule has 1 heterocycles. The van der Waals surface area contributed by atoms with Crippen molar-refractivity contribution >= 4 is 11.8 Å². The van der Waals surface area contributed by atoms with E-state index in [2.05, 4.69) is 11.4 Å². The number of nitrogens with zero attached hydrogens (tertiary/aromatic N) is 1. The first-order valence-corrected chi connectivity index (χ1v) is 7.91. The standard InChI is InChI=1S/C16H26N2O2/c1-2-3-7-11-18-12-10-14(19)17-15(16(18)20)13-8-5-4-6-9-13/h2-3,13,15H,4-12H2,1H3,(H,17,19)/b3-2+. The van der Waals surface area contributed by atoms with Gasteiger partial charge in [-0.1, -0.05) is 31.4 Å². The second-order valence-electron chi connectivity index (χ2n) is 5.88. The third-order valence-corrected chi connectivity index (χ3v) is 4.43. The first kappa shape index (κ1) is 15.1. The highest BCUT2D eigenvalue weighted by molar-refractivity contribution is 5.90. The van der Waals surface area contributed by atoms with Gasteiger partial charge in [0.1, 0.15) is 6.04 Å². The lowest BCUT2D eigenvalue weighted by atomic mass is 9.83. The fourth-order valence-electron chi connectivity index (χ4n) is 3.26. The maximum absolute atomic E-state index is 12.7. The summed E-state index contributed by atoms with van der Waals surface area (Å²) in [7, 11) is 0. The van der Waals surface area contributed by atoms with Gasteiger partial charge in [0.25, 0.3) is 0 Å². The van der Waals surface area contributed by atoms with Gasteiger partial charge in [-0.25, -0.2) is 0 Å². The molecule has 0 aromatic rings. The molecule has 0 aromatic carbocycles. The lowest BCUT2D eigenvalue weighted by Crippen LogP contribution is -2.49. The summed E-state index contributed by atoms with van der Waals surface area (Å²) in [6.45, 7) is 3.27. The Kier molecular flexibility index (Phi) is 5.62. The van der Waals surface area contributed by atoms with Crippen LogP contribution in [0.15, 0.2) is 12.2 Å². The number of amides is 2. The van der Waals surface area contributed by atoms with Crippen LogP contribution in [0.2, 0.25) is 0 Å². The Morgan fingerprint density at radius 3 is 2.70 bits per heavy atom. The summed E-state index contributed by atoms with van der Waals surface area (Å²) in [6.07, 6.45) is 11.1. The van der Waals surface area contributed by atoms with Crippen molar-refractivity contribution in [1.82, 2.24) is 10.2 Å². The zero-order valence-electron chi connectivity index (χ0n) is 12.4. The van der Waals surface area contributed by atoms with Crippen molar-refractivity contribution in [3.63, 3.8) is 0 Å². The Morgan fingerprint density at radius 1 is 1.25 bits per heavy atom. The van der Waals surface area contributed by atoms with Crippen molar-refractivity contribution in [2.45, 2.75) is 57.9 Å². The van der Waals surface area contributed by atoms with Crippen LogP contribution in [-0.4, -0.2) is 35.8 Å². The van der Waals surface area contributed by atoms with Crippen LogP contribution < -0.4 is 5.32 Å². The fraction of sp³-hybridized carbons (Fsp3) is 0.750. The second-order valence-corrected chi connectivity index (χ2v) is 5.88. The van der Waals surface area contributed by atoms with E-state index in [4.69, 9.17) is 0 Å². The van der Waals surface area contributed by atoms with Crippen molar-refractivity contribution in [3.05, 3.63) is 12.2 Å². The first-order valence-electron chi connectivity index (χ1n) is 7.91. The molecule has 2 aliphatic rings. The predicted molar refractivity (Wildman–Crippen MR) is 79.1 cm³/mol. The second kappa shape index (κ2) is 7.46. The van der Waals surface area contributed by atoms with Crippen LogP contribution in [0.4, 0.5) is 0 Å². The molecule has 1 aliphatic heterocycles. The molecule has 1 saturated heterocycles. The third kappa shape index (κ3) is 3.84. The van der Waals surface area contributed by atoms with Crippen LogP contribution in [0.5, 0.6) is 0 Å². The van der Waals surface area contributed by atoms with Gasteiger partial charge in [-0.05, 0) is 32.1 Å². The zero-order chi connectivity index (χ0) is 14.4. The summed E-state index contributed by atoms with van der Waals surface area (Å²) in [5.74, 6) is 0.497. The average Bonchev–Trinajstić information content (AvgIpc) is 2.61. The van der Waals surface area contributed by atoms with E-state index in [1.165, 1.54) is 19.3 Å². The SMILES string of the molecule is C/C=C/CCN1CCC(=O)NC(C2CCCCC2)C1=O. The highest BCUT2D eigenvalue weighted by atomic mass is 16.2. The van der Waals surface area contributed by atoms with Crippen LogP contribution in [0.25, 0.3) is 0 Å². The van der Waals surface area contributed by atoms with Crippen LogP contribution in [0.3, 0.4) is 0 Å². The van der Waals surface area contributed by atoms with Crippen LogP contribution in [0.1, 0.15) is 51.9 Å². The number of hydrogen-bond acceptors (Lipinski definition) is 2. The third-order valence-electron chi connectivity index (χ3n) is 4.43. The molecule has 2 amide bonds. The average molecular weight is 278 g/mol. The molecular formula is C16H26N2O2. The van der Waals surface area contributed by atoms with E-state index in [1.54, 1.807) is 0 Å². The predicted octanol–water partition coefficient (Wildman–Crippen LogP) is 2.25. The number of allylic oxidation sites excluding steroid dienone is 1. The van der Waals surface area contributed by atoms with Crippen molar-refractivity contribution in [3.8, 4) is 0 Å². The van der Waals surface area contributed by atoms with Gasteiger partial charge < -0.3 is 10.2 Å². The van der Waals surface area contributed by atoms with Gasteiger partial charge in [0.05, 0.1) is 0 Å². The Balaban J connectivity index is 2.03. The summed E-state index contributed by atoms with van der Waals surface area (Å²) >= 11 is 0. The fourth-order valence-corrected chi connectivity index (χ4v) is 3.26. The van der Waals surface area contributed by atoms with Crippen molar-refractivity contribution in [1.29, 1.82) is 0 Å². The van der Waals surface area contributed by atoms with E-state index in [0.717, 1.165) is 25.8 Å². The van der Waals surface area contributed by atoms with Crippen LogP contribution in [-0.2, 0) is 9.59 Å². The molecule has 1 N–H and O–H groups in total. The minimum Gasteiger partial charge on any atom is -0.344 e. The normalized spacial score (nSPS) is 25.9. The lowest BCUT2D eigenvalue weighted by Gasteiger charge is -2.31. The van der Waals surface area contributed by atoms with Crippen molar-refractivity contribution in [2.24, 2.45) is 5.92 Å². The molecule has 1 unspecified atom stereocenters. The van der Waals surface area contributed by atoms with Gasteiger partial charge in [0.2, 0.25) is 11.8 Å². The topological polar surface area (TPSA) is 49.4 Å².